The zero-order valence-electron chi connectivity index (χ0n) is 10.6. The molecule has 0 aromatic heterocycles. The molecular weight excluding hydrogens is 252 g/mol. The smallest absolute Gasteiger partial charge is 0.244 e. The van der Waals surface area contributed by atoms with Gasteiger partial charge in [0.2, 0.25) is 10.0 Å². The van der Waals surface area contributed by atoms with Crippen molar-refractivity contribution < 1.29 is 13.5 Å². The predicted molar refractivity (Wildman–Crippen MR) is 67.4 cm³/mol. The Morgan fingerprint density at radius 1 is 1.50 bits per heavy atom. The van der Waals surface area contributed by atoms with Gasteiger partial charge in [-0.1, -0.05) is 12.1 Å². The first kappa shape index (κ1) is 14.6. The SMILES string of the molecule is Cc1cccc(S(=O)(=O)N(C)C[C@@H](C)O)c1C#N. The Morgan fingerprint density at radius 2 is 2.11 bits per heavy atom. The van der Waals surface area contributed by atoms with Gasteiger partial charge >= 0.3 is 0 Å². The number of hydrogen-bond donors (Lipinski definition) is 1. The molecule has 18 heavy (non-hydrogen) atoms. The fraction of sp³-hybridized carbons (Fsp3) is 0.417. The van der Waals surface area contributed by atoms with Crippen LogP contribution in [0.15, 0.2) is 23.1 Å². The van der Waals surface area contributed by atoms with Gasteiger partial charge in [-0.15, -0.1) is 0 Å². The van der Waals surface area contributed by atoms with Crippen LogP contribution in [0.25, 0.3) is 0 Å². The lowest BCUT2D eigenvalue weighted by atomic mass is 10.1. The van der Waals surface area contributed by atoms with E-state index < -0.39 is 16.1 Å². The summed E-state index contributed by atoms with van der Waals surface area (Å²) in [6, 6.07) is 6.60. The molecule has 0 aliphatic rings. The molecule has 1 atom stereocenters. The molecule has 1 N–H and O–H groups in total. The Balaban J connectivity index is 3.30. The Hall–Kier alpha value is -1.42. The maximum absolute atomic E-state index is 12.3. The van der Waals surface area contributed by atoms with Gasteiger partial charge in [0.15, 0.2) is 0 Å². The second-order valence-corrected chi connectivity index (χ2v) is 6.21. The average molecular weight is 268 g/mol. The van der Waals surface area contributed by atoms with Crippen LogP contribution in [0.4, 0.5) is 0 Å². The summed E-state index contributed by atoms with van der Waals surface area (Å²) < 4.78 is 25.6. The number of aryl methyl sites for hydroxylation is 1. The van der Waals surface area contributed by atoms with Gasteiger partial charge in [-0.3, -0.25) is 0 Å². The highest BCUT2D eigenvalue weighted by atomic mass is 32.2. The first-order valence-corrected chi connectivity index (χ1v) is 6.88. The Labute approximate surface area is 107 Å². The lowest BCUT2D eigenvalue weighted by Gasteiger charge is -2.19. The highest BCUT2D eigenvalue weighted by Crippen LogP contribution is 2.21. The number of aliphatic hydroxyl groups excluding tert-OH is 1. The van der Waals surface area contributed by atoms with Gasteiger partial charge in [-0.05, 0) is 25.5 Å². The van der Waals surface area contributed by atoms with Gasteiger partial charge in [0, 0.05) is 13.6 Å². The molecule has 0 fully saturated rings. The molecule has 1 aromatic rings. The van der Waals surface area contributed by atoms with E-state index in [9.17, 15) is 13.5 Å². The topological polar surface area (TPSA) is 81.4 Å². The zero-order valence-corrected chi connectivity index (χ0v) is 11.4. The second-order valence-electron chi connectivity index (χ2n) is 4.19. The van der Waals surface area contributed by atoms with E-state index in [-0.39, 0.29) is 17.0 Å². The van der Waals surface area contributed by atoms with E-state index in [4.69, 9.17) is 5.26 Å². The molecule has 0 aliphatic carbocycles. The van der Waals surface area contributed by atoms with Gasteiger partial charge < -0.3 is 5.11 Å². The second kappa shape index (κ2) is 5.48. The molecule has 98 valence electrons. The molecule has 6 heteroatoms. The number of nitrogens with zero attached hydrogens (tertiary/aromatic N) is 2. The van der Waals surface area contributed by atoms with Crippen LogP contribution in [0.3, 0.4) is 0 Å². The Kier molecular flexibility index (Phi) is 4.46. The van der Waals surface area contributed by atoms with E-state index >= 15 is 0 Å². The molecule has 0 spiro atoms. The third-order valence-electron chi connectivity index (χ3n) is 2.56. The number of rotatable bonds is 4. The first-order valence-electron chi connectivity index (χ1n) is 5.44. The maximum atomic E-state index is 12.3. The molecule has 5 nitrogen and oxygen atoms in total. The molecule has 0 heterocycles. The van der Waals surface area contributed by atoms with Gasteiger partial charge in [-0.25, -0.2) is 8.42 Å². The fourth-order valence-electron chi connectivity index (χ4n) is 1.64. The monoisotopic (exact) mass is 268 g/mol. The van der Waals surface area contributed by atoms with Crippen LogP contribution in [0.5, 0.6) is 0 Å². The van der Waals surface area contributed by atoms with E-state index in [1.807, 2.05) is 6.07 Å². The predicted octanol–water partition coefficient (Wildman–Crippen LogP) is 0.868. The molecule has 0 saturated heterocycles. The number of hydrogen-bond acceptors (Lipinski definition) is 4. The lowest BCUT2D eigenvalue weighted by Crippen LogP contribution is -2.33. The Morgan fingerprint density at radius 3 is 2.61 bits per heavy atom. The lowest BCUT2D eigenvalue weighted by molar-refractivity contribution is 0.171. The summed E-state index contributed by atoms with van der Waals surface area (Å²) >= 11 is 0. The van der Waals surface area contributed by atoms with Crippen molar-refractivity contribution in [2.45, 2.75) is 24.8 Å². The summed E-state index contributed by atoms with van der Waals surface area (Å²) in [7, 11) is -2.37. The number of benzene rings is 1. The average Bonchev–Trinajstić information content (AvgIpc) is 2.27. The van der Waals surface area contributed by atoms with Crippen LogP contribution in [-0.2, 0) is 10.0 Å². The third-order valence-corrected chi connectivity index (χ3v) is 4.42. The van der Waals surface area contributed by atoms with Gasteiger partial charge in [0.05, 0.1) is 11.7 Å². The molecule has 0 radical (unpaired) electrons. The number of sulfonamides is 1. The molecule has 1 aromatic carbocycles. The van der Waals surface area contributed by atoms with Crippen molar-refractivity contribution in [2.24, 2.45) is 0 Å². The molecule has 0 saturated carbocycles. The summed E-state index contributed by atoms with van der Waals surface area (Å²) in [6.45, 7) is 3.18. The minimum atomic E-state index is -3.75. The van der Waals surface area contributed by atoms with E-state index in [0.717, 1.165) is 4.31 Å². The molecule has 0 aliphatic heterocycles. The highest BCUT2D eigenvalue weighted by molar-refractivity contribution is 7.89. The maximum Gasteiger partial charge on any atom is 0.244 e. The van der Waals surface area contributed by atoms with Crippen molar-refractivity contribution in [3.8, 4) is 6.07 Å². The van der Waals surface area contributed by atoms with Crippen LogP contribution < -0.4 is 0 Å². The number of nitriles is 1. The number of likely N-dealkylation sites (N-methyl/N-ethyl adjacent to an activating group) is 1. The fourth-order valence-corrected chi connectivity index (χ4v) is 3.10. The molecule has 1 rings (SSSR count). The third kappa shape index (κ3) is 2.88. The minimum Gasteiger partial charge on any atom is -0.392 e. The summed E-state index contributed by atoms with van der Waals surface area (Å²) in [5.74, 6) is 0. The number of aliphatic hydroxyl groups is 1. The summed E-state index contributed by atoms with van der Waals surface area (Å²) in [4.78, 5) is -0.0202. The molecule has 0 amide bonds. The van der Waals surface area contributed by atoms with Crippen LogP contribution in [0.1, 0.15) is 18.1 Å². The summed E-state index contributed by atoms with van der Waals surface area (Å²) in [6.07, 6.45) is -0.764. The molecular formula is C12H16N2O3S. The van der Waals surface area contributed by atoms with Crippen LogP contribution in [0.2, 0.25) is 0 Å². The van der Waals surface area contributed by atoms with E-state index in [1.54, 1.807) is 19.1 Å². The van der Waals surface area contributed by atoms with Crippen molar-refractivity contribution in [3.63, 3.8) is 0 Å². The van der Waals surface area contributed by atoms with Crippen LogP contribution >= 0.6 is 0 Å². The highest BCUT2D eigenvalue weighted by Gasteiger charge is 2.25. The normalized spacial score (nSPS) is 13.3. The van der Waals surface area contributed by atoms with Crippen molar-refractivity contribution in [1.29, 1.82) is 5.26 Å². The van der Waals surface area contributed by atoms with Gasteiger partial charge in [0.25, 0.3) is 0 Å². The van der Waals surface area contributed by atoms with Crippen molar-refractivity contribution >= 4 is 10.0 Å². The van der Waals surface area contributed by atoms with Gasteiger partial charge in [0.1, 0.15) is 11.0 Å². The first-order chi connectivity index (χ1) is 8.30. The molecule has 0 bridgehead atoms. The van der Waals surface area contributed by atoms with Crippen molar-refractivity contribution in [2.75, 3.05) is 13.6 Å². The zero-order chi connectivity index (χ0) is 13.9. The van der Waals surface area contributed by atoms with E-state index in [1.165, 1.54) is 20.0 Å². The Bertz CT molecular complexity index is 573. The molecule has 0 unspecified atom stereocenters. The van der Waals surface area contributed by atoms with Crippen molar-refractivity contribution in [1.82, 2.24) is 4.31 Å². The van der Waals surface area contributed by atoms with Crippen molar-refractivity contribution in [3.05, 3.63) is 29.3 Å². The quantitative estimate of drug-likeness (QED) is 0.878. The summed E-state index contributed by atoms with van der Waals surface area (Å²) in [5, 5.41) is 18.3. The summed E-state index contributed by atoms with van der Waals surface area (Å²) in [5.41, 5.74) is 0.763. The standard InChI is InChI=1S/C12H16N2O3S/c1-9-5-4-6-12(11(9)7-13)18(16,17)14(3)8-10(2)15/h4-6,10,15H,8H2,1-3H3/t10-/m1/s1. The van der Waals surface area contributed by atoms with Crippen LogP contribution in [0, 0.1) is 18.3 Å². The van der Waals surface area contributed by atoms with Gasteiger partial charge in [-0.2, -0.15) is 9.57 Å². The largest absolute Gasteiger partial charge is 0.392 e. The van der Waals surface area contributed by atoms with E-state index in [0.29, 0.717) is 5.56 Å². The van der Waals surface area contributed by atoms with E-state index in [2.05, 4.69) is 0 Å². The minimum absolute atomic E-state index is 0.0128. The van der Waals surface area contributed by atoms with Crippen LogP contribution in [-0.4, -0.2) is 37.5 Å².